The second-order valence-electron chi connectivity index (χ2n) is 17.9. The second-order valence-corrected chi connectivity index (χ2v) is 17.9. The molecule has 0 aliphatic carbocycles. The van der Waals surface area contributed by atoms with Gasteiger partial charge in [0.05, 0.1) is 43.0 Å². The number of likely N-dealkylation sites (tertiary alicyclic amines) is 2. The summed E-state index contributed by atoms with van der Waals surface area (Å²) in [6, 6.07) is 14.6. The molecule has 0 atom stereocenters. The smallest absolute Gasteiger partial charge is 0.338 e. The molecule has 10 heteroatoms. The quantitative estimate of drug-likeness (QED) is 0.290. The summed E-state index contributed by atoms with van der Waals surface area (Å²) in [6.07, 6.45) is 1.77. The number of hydrogen-bond acceptors (Lipinski definition) is 10. The number of carbonyl (C=O) groups is 2. The summed E-state index contributed by atoms with van der Waals surface area (Å²) in [7, 11) is 4.27. The third-order valence-corrected chi connectivity index (χ3v) is 12.1. The van der Waals surface area contributed by atoms with Crippen LogP contribution in [0.1, 0.15) is 125 Å². The van der Waals surface area contributed by atoms with Gasteiger partial charge in [-0.15, -0.1) is 0 Å². The molecule has 4 saturated heterocycles. The van der Waals surface area contributed by atoms with Crippen LogP contribution in [-0.2, 0) is 28.4 Å². The maximum absolute atomic E-state index is 13.1. The van der Waals surface area contributed by atoms with Crippen LogP contribution in [0.3, 0.4) is 0 Å². The van der Waals surface area contributed by atoms with Crippen molar-refractivity contribution in [2.45, 2.75) is 128 Å². The first-order valence-corrected chi connectivity index (χ1v) is 18.4. The van der Waals surface area contributed by atoms with Gasteiger partial charge in [-0.3, -0.25) is 9.80 Å². The summed E-state index contributed by atoms with van der Waals surface area (Å²) in [5, 5.41) is 0. The van der Waals surface area contributed by atoms with Gasteiger partial charge in [0, 0.05) is 59.0 Å². The molecule has 0 aromatic heterocycles. The zero-order valence-electron chi connectivity index (χ0n) is 32.2. The Kier molecular flexibility index (Phi) is 10.3. The second kappa shape index (κ2) is 13.8. The van der Waals surface area contributed by atoms with Crippen LogP contribution in [0.15, 0.2) is 48.5 Å². The van der Waals surface area contributed by atoms with Gasteiger partial charge >= 0.3 is 11.9 Å². The predicted octanol–water partition coefficient (Wildman–Crippen LogP) is 7.08. The molecule has 4 fully saturated rings. The van der Waals surface area contributed by atoms with Crippen LogP contribution in [0.4, 0.5) is 0 Å². The fraction of sp³-hybridized carbons (Fsp3) is 0.659. The fourth-order valence-electron chi connectivity index (χ4n) is 8.46. The highest BCUT2D eigenvalue weighted by Crippen LogP contribution is 2.41. The minimum Gasteiger partial charge on any atom is -0.459 e. The average molecular weight is 707 g/mol. The van der Waals surface area contributed by atoms with Gasteiger partial charge < -0.3 is 28.4 Å². The maximum Gasteiger partial charge on any atom is 0.338 e. The van der Waals surface area contributed by atoms with E-state index in [1.807, 2.05) is 24.3 Å². The van der Waals surface area contributed by atoms with Gasteiger partial charge in [-0.25, -0.2) is 9.59 Å². The van der Waals surface area contributed by atoms with Crippen LogP contribution >= 0.6 is 0 Å². The third-order valence-electron chi connectivity index (χ3n) is 12.1. The summed E-state index contributed by atoms with van der Waals surface area (Å²) in [6.45, 7) is 19.2. The predicted molar refractivity (Wildman–Crippen MR) is 193 cm³/mol. The van der Waals surface area contributed by atoms with Crippen LogP contribution in [0.25, 0.3) is 0 Å². The highest BCUT2D eigenvalue weighted by Gasteiger charge is 2.46. The molecule has 2 aromatic carbocycles. The Morgan fingerprint density at radius 2 is 0.804 bits per heavy atom. The van der Waals surface area contributed by atoms with Crippen molar-refractivity contribution in [2.75, 3.05) is 40.5 Å². The number of nitrogens with zero attached hydrogens (tertiary/aromatic N) is 2. The molecule has 0 saturated carbocycles. The molecule has 0 bridgehead atoms. The topological polar surface area (TPSA) is 96.0 Å². The largest absolute Gasteiger partial charge is 0.459 e. The molecule has 6 rings (SSSR count). The summed E-state index contributed by atoms with van der Waals surface area (Å²) >= 11 is 0. The molecule has 4 heterocycles. The minimum absolute atomic E-state index is 0.0655. The number of esters is 2. The van der Waals surface area contributed by atoms with Crippen molar-refractivity contribution in [2.24, 2.45) is 5.41 Å². The van der Waals surface area contributed by atoms with Gasteiger partial charge in [-0.1, -0.05) is 24.3 Å². The molecule has 0 amide bonds. The van der Waals surface area contributed by atoms with Gasteiger partial charge in [-0.05, 0) is 93.8 Å². The van der Waals surface area contributed by atoms with E-state index < -0.39 is 18.0 Å². The first-order chi connectivity index (χ1) is 23.8. The van der Waals surface area contributed by atoms with Crippen LogP contribution < -0.4 is 0 Å². The van der Waals surface area contributed by atoms with E-state index in [9.17, 15) is 9.59 Å². The molecular formula is C41H58N2O8. The Bertz CT molecular complexity index is 1390. The molecule has 0 N–H and O–H groups in total. The standard InChI is InChI=1S/C41H58N2O8/c1-37(2)19-31(20-38(3,4)42(37)9)50-33(44)27-11-15-29(16-12-27)35-46-23-41(24-47-35)25-48-36(49-26-41)30-17-13-28(14-18-30)34(45)51-32-21-39(5,6)43(10)40(7,8)22-32/h11-18,31-32,35-36H,19-26H2,1-10H3. The normalized spacial score (nSPS) is 29.8. The lowest BCUT2D eigenvalue weighted by atomic mass is 9.78. The molecule has 2 aromatic rings. The van der Waals surface area contributed by atoms with E-state index in [0.29, 0.717) is 37.6 Å². The highest BCUT2D eigenvalue weighted by atomic mass is 16.7. The van der Waals surface area contributed by atoms with Crippen LogP contribution in [0, 0.1) is 5.41 Å². The summed E-state index contributed by atoms with van der Waals surface area (Å²) in [5.74, 6) is -0.623. The van der Waals surface area contributed by atoms with Crippen molar-refractivity contribution in [1.82, 2.24) is 9.80 Å². The van der Waals surface area contributed by atoms with Crippen LogP contribution in [-0.4, -0.2) is 96.6 Å². The zero-order valence-corrected chi connectivity index (χ0v) is 32.2. The number of rotatable bonds is 6. The SMILES string of the molecule is CN1C(C)(C)CC(OC(=O)c2ccc(C3OCC4(CO3)COC(c3ccc(C(=O)OC5CC(C)(C)N(C)C(C)(C)C5)cc3)OC4)cc2)CC1(C)C. The molecule has 51 heavy (non-hydrogen) atoms. The Morgan fingerprint density at radius 1 is 0.529 bits per heavy atom. The lowest BCUT2D eigenvalue weighted by molar-refractivity contribution is -0.307. The summed E-state index contributed by atoms with van der Waals surface area (Å²) in [5.41, 5.74) is 2.00. The van der Waals surface area contributed by atoms with Gasteiger partial charge in [0.15, 0.2) is 12.6 Å². The highest BCUT2D eigenvalue weighted by molar-refractivity contribution is 5.90. The zero-order chi connectivity index (χ0) is 37.0. The van der Waals surface area contributed by atoms with Gasteiger partial charge in [0.2, 0.25) is 0 Å². The number of carbonyl (C=O) groups excluding carboxylic acids is 2. The lowest BCUT2D eigenvalue weighted by Crippen LogP contribution is -2.60. The summed E-state index contributed by atoms with van der Waals surface area (Å²) < 4.78 is 36.6. The first kappa shape index (κ1) is 37.9. The lowest BCUT2D eigenvalue weighted by Gasteiger charge is -2.53. The van der Waals surface area contributed by atoms with Crippen molar-refractivity contribution < 1.29 is 38.0 Å². The minimum atomic E-state index is -0.548. The summed E-state index contributed by atoms with van der Waals surface area (Å²) in [4.78, 5) is 30.9. The monoisotopic (exact) mass is 706 g/mol. The number of ether oxygens (including phenoxy) is 6. The number of hydrogen-bond donors (Lipinski definition) is 0. The van der Waals surface area contributed by atoms with Gasteiger partial charge in [0.1, 0.15) is 12.2 Å². The van der Waals surface area contributed by atoms with Crippen molar-refractivity contribution in [3.8, 4) is 0 Å². The maximum atomic E-state index is 13.1. The van der Waals surface area contributed by atoms with E-state index in [0.717, 1.165) is 36.8 Å². The molecule has 1 spiro atoms. The Hall–Kier alpha value is -2.86. The van der Waals surface area contributed by atoms with Crippen LogP contribution in [0.2, 0.25) is 0 Å². The van der Waals surface area contributed by atoms with Crippen molar-refractivity contribution in [3.05, 3.63) is 70.8 Å². The van der Waals surface area contributed by atoms with E-state index >= 15 is 0 Å². The average Bonchev–Trinajstić information content (AvgIpc) is 3.06. The molecular weight excluding hydrogens is 648 g/mol. The number of piperidine rings is 2. The van der Waals surface area contributed by atoms with Crippen LogP contribution in [0.5, 0.6) is 0 Å². The van der Waals surface area contributed by atoms with E-state index in [2.05, 4.69) is 79.3 Å². The molecule has 10 nitrogen and oxygen atoms in total. The Morgan fingerprint density at radius 3 is 1.08 bits per heavy atom. The van der Waals surface area contributed by atoms with Crippen molar-refractivity contribution in [1.29, 1.82) is 0 Å². The molecule has 0 radical (unpaired) electrons. The van der Waals surface area contributed by atoms with E-state index in [4.69, 9.17) is 28.4 Å². The van der Waals surface area contributed by atoms with E-state index in [1.54, 1.807) is 24.3 Å². The third kappa shape index (κ3) is 8.06. The Labute approximate surface area is 304 Å². The molecule has 280 valence electrons. The Balaban J connectivity index is 0.964. The molecule has 4 aliphatic rings. The molecule has 0 unspecified atom stereocenters. The van der Waals surface area contributed by atoms with Crippen molar-refractivity contribution >= 4 is 11.9 Å². The fourth-order valence-corrected chi connectivity index (χ4v) is 8.46. The molecule has 4 aliphatic heterocycles. The van der Waals surface area contributed by atoms with E-state index in [1.165, 1.54) is 0 Å². The number of benzene rings is 2. The first-order valence-electron chi connectivity index (χ1n) is 18.4. The van der Waals surface area contributed by atoms with E-state index in [-0.39, 0.29) is 46.3 Å². The van der Waals surface area contributed by atoms with Crippen molar-refractivity contribution in [3.63, 3.8) is 0 Å². The van der Waals surface area contributed by atoms with Gasteiger partial charge in [0.25, 0.3) is 0 Å². The van der Waals surface area contributed by atoms with Gasteiger partial charge in [-0.2, -0.15) is 0 Å².